The van der Waals surface area contributed by atoms with Gasteiger partial charge in [-0.1, -0.05) is 153 Å². The number of aliphatic hydroxyl groups is 1. The van der Waals surface area contributed by atoms with Crippen LogP contribution in [-0.2, 0) is 77.3 Å². The third kappa shape index (κ3) is 9.30. The van der Waals surface area contributed by atoms with Gasteiger partial charge < -0.3 is 42.4 Å². The lowest BCUT2D eigenvalue weighted by molar-refractivity contribution is -0.337. The first-order chi connectivity index (χ1) is 44.9. The SMILES string of the molecule is CC(=O)O[C@@H]1CC(C)(C)O[C@]12OC[C@]13C(=O)C[C@H]4[C@@H](CC[C@H]5Cc6nc7c(nc6C[C@@]54C)C[C@@H]4CC[C@H]5C6=C[C@@H]8O[C@]9(O[C@](C)(CO[Si](C)(C)C(C)(C)C)C[C@H]9O[Si](c9ccccc9)(c9ccccc9)C(C)(C)C)[C@@H](C)[C@]8(O)[C@@]6(C)[C@H](OC(C)=O)C[C@@H]5[C@@]4(C)C7)C1=CC[C@@H]3[C@@H]2C. The summed E-state index contributed by atoms with van der Waals surface area (Å²) in [6, 6.07) is 21.5. The number of aromatic nitrogens is 2. The van der Waals surface area contributed by atoms with Gasteiger partial charge in [-0.2, -0.15) is 0 Å². The Hall–Kier alpha value is -4.24. The molecule has 12 aliphatic rings. The van der Waals surface area contributed by atoms with Gasteiger partial charge in [-0.3, -0.25) is 24.4 Å². The normalized spacial score (nSPS) is 43.3. The van der Waals surface area contributed by atoms with E-state index in [0.29, 0.717) is 49.9 Å². The summed E-state index contributed by atoms with van der Waals surface area (Å²) < 4.78 is 57.3. The van der Waals surface area contributed by atoms with Crippen LogP contribution in [0.3, 0.4) is 0 Å². The van der Waals surface area contributed by atoms with Gasteiger partial charge in [0.1, 0.15) is 29.7 Å². The molecule has 0 bridgehead atoms. The van der Waals surface area contributed by atoms with Gasteiger partial charge in [0.05, 0.1) is 58.0 Å². The van der Waals surface area contributed by atoms with Crippen LogP contribution < -0.4 is 10.4 Å². The standard InChI is InChI=1S/C80H110N2O12Si2/c1-46-56-33-34-57-54-31-29-50-35-61-63(40-74(50,14)58(54)37-65(85)77(56,57)45-87-79(46)68(90-49(4)84)42-72(11,12)93-79)81-62-36-51-30-32-55-59(75(51,15)41-64(62)82-61)38-66(89-48(3)83)76(16)60(55)39-67-78(76,86)47(2)80(91-67)69(43-73(13,94-80)44-88-95(17,18)70(5,6)7)92-96(71(8,9)10,52-25-21-19-22-26-52)53-27-23-20-24-28-53/h19-28,34,39,46-47,50-51,54-56,58-59,66-69,86H,29-33,35-38,40-45H2,1-18H3/t46-,47-,50-,51-,54-,55+,56+,58-,59-,66+,67-,68+,69+,73-,74-,75-,76+,77+,78+,79-,80-/m0/s1. The van der Waals surface area contributed by atoms with Crippen molar-refractivity contribution in [3.05, 3.63) is 107 Å². The number of benzene rings is 2. The highest BCUT2D eigenvalue weighted by atomic mass is 28.4. The van der Waals surface area contributed by atoms with E-state index in [1.165, 1.54) is 19.4 Å². The van der Waals surface area contributed by atoms with Crippen LogP contribution in [0.25, 0.3) is 0 Å². The number of hydrogen-bond acceptors (Lipinski definition) is 14. The Morgan fingerprint density at radius 1 is 0.667 bits per heavy atom. The van der Waals surface area contributed by atoms with Crippen molar-refractivity contribution in [2.45, 2.75) is 270 Å². The van der Waals surface area contributed by atoms with Crippen molar-refractivity contribution in [2.75, 3.05) is 13.2 Å². The zero-order chi connectivity index (χ0) is 68.5. The Morgan fingerprint density at radius 2 is 1.23 bits per heavy atom. The number of ketones is 1. The molecule has 2 aromatic carbocycles. The number of ether oxygens (including phenoxy) is 6. The predicted molar refractivity (Wildman–Crippen MR) is 372 cm³/mol. The Kier molecular flexibility index (Phi) is 15.4. The molecule has 16 heteroatoms. The average molecular weight is 1350 g/mol. The molecule has 0 radical (unpaired) electrons. The van der Waals surface area contributed by atoms with Gasteiger partial charge in [-0.05, 0) is 178 Å². The van der Waals surface area contributed by atoms with Crippen molar-refractivity contribution in [1.82, 2.24) is 9.97 Å². The van der Waals surface area contributed by atoms with Crippen LogP contribution in [0.4, 0.5) is 0 Å². The number of carbonyl (C=O) groups excluding carboxylic acids is 3. The number of carbonyl (C=O) groups is 3. The first kappa shape index (κ1) is 67.6. The van der Waals surface area contributed by atoms with Crippen LogP contribution in [0, 0.1) is 74.9 Å². The Morgan fingerprint density at radius 3 is 1.79 bits per heavy atom. The minimum Gasteiger partial charge on any atom is -0.462 e. The number of Topliss-reactive ketones (excluding diaryl/α,β-unsaturated/α-hetero) is 1. The van der Waals surface area contributed by atoms with E-state index >= 15 is 4.79 Å². The lowest BCUT2D eigenvalue weighted by Gasteiger charge is -2.62. The summed E-state index contributed by atoms with van der Waals surface area (Å²) in [7, 11) is -5.54. The van der Waals surface area contributed by atoms with Gasteiger partial charge in [0.15, 0.2) is 14.4 Å². The van der Waals surface area contributed by atoms with Crippen LogP contribution in [0.5, 0.6) is 0 Å². The molecule has 8 aliphatic carbocycles. The van der Waals surface area contributed by atoms with E-state index in [4.69, 9.17) is 47.2 Å². The number of rotatable bonds is 9. The van der Waals surface area contributed by atoms with Gasteiger partial charge in [-0.25, -0.2) is 0 Å². The molecule has 0 unspecified atom stereocenters. The molecule has 96 heavy (non-hydrogen) atoms. The third-order valence-electron chi connectivity index (χ3n) is 29.4. The van der Waals surface area contributed by atoms with Gasteiger partial charge in [-0.15, -0.1) is 0 Å². The van der Waals surface area contributed by atoms with Crippen LogP contribution in [0.1, 0.15) is 191 Å². The predicted octanol–water partition coefficient (Wildman–Crippen LogP) is 13.3. The quantitative estimate of drug-likeness (QED) is 0.122. The van der Waals surface area contributed by atoms with Crippen LogP contribution in [0.15, 0.2) is 84.0 Å². The van der Waals surface area contributed by atoms with E-state index in [-0.39, 0.29) is 75.0 Å². The first-order valence-corrected chi connectivity index (χ1v) is 41.7. The van der Waals surface area contributed by atoms with Crippen LogP contribution in [-0.4, -0.2) is 115 Å². The van der Waals surface area contributed by atoms with Crippen molar-refractivity contribution >= 4 is 44.7 Å². The van der Waals surface area contributed by atoms with Crippen molar-refractivity contribution < 1.29 is 56.8 Å². The van der Waals surface area contributed by atoms with Crippen molar-refractivity contribution in [3.8, 4) is 0 Å². The Bertz CT molecular complexity index is 3690. The summed E-state index contributed by atoms with van der Waals surface area (Å²) in [5.41, 5.74) is 1.92. The molecule has 8 fully saturated rings. The summed E-state index contributed by atoms with van der Waals surface area (Å²) in [5, 5.41) is 16.4. The molecule has 1 N–H and O–H groups in total. The van der Waals surface area contributed by atoms with Gasteiger partial charge in [0.2, 0.25) is 11.6 Å². The second kappa shape index (κ2) is 21.9. The molecule has 4 saturated carbocycles. The van der Waals surface area contributed by atoms with E-state index < -0.39 is 86.2 Å². The largest absolute Gasteiger partial charge is 0.462 e. The summed E-state index contributed by atoms with van der Waals surface area (Å²) in [6.45, 7) is 39.5. The molecule has 3 spiro atoms. The molecule has 1 aromatic heterocycles. The van der Waals surface area contributed by atoms with Gasteiger partial charge >= 0.3 is 11.9 Å². The number of fused-ring (bicyclic) bond motifs is 13. The fourth-order valence-corrected chi connectivity index (χ4v) is 29.2. The maximum absolute atomic E-state index is 15.3. The monoisotopic (exact) mass is 1350 g/mol. The number of hydrogen-bond donors (Lipinski definition) is 1. The maximum Gasteiger partial charge on any atom is 0.303 e. The molecule has 4 saturated heterocycles. The van der Waals surface area contributed by atoms with Crippen LogP contribution >= 0.6 is 0 Å². The molecule has 520 valence electrons. The van der Waals surface area contributed by atoms with E-state index in [1.807, 2.05) is 13.8 Å². The first-order valence-electron chi connectivity index (χ1n) is 36.9. The van der Waals surface area contributed by atoms with E-state index in [9.17, 15) is 14.7 Å². The summed E-state index contributed by atoms with van der Waals surface area (Å²) in [6.07, 6.45) is 12.3. The maximum atomic E-state index is 15.3. The van der Waals surface area contributed by atoms with Crippen LogP contribution in [0.2, 0.25) is 23.2 Å². The van der Waals surface area contributed by atoms with Gasteiger partial charge in [0.25, 0.3) is 8.32 Å². The highest BCUT2D eigenvalue weighted by Gasteiger charge is 2.81. The van der Waals surface area contributed by atoms with Gasteiger partial charge in [0, 0.05) is 44.9 Å². The van der Waals surface area contributed by atoms with Crippen molar-refractivity contribution in [2.24, 2.45) is 74.9 Å². The van der Waals surface area contributed by atoms with E-state index in [2.05, 4.69) is 169 Å². The highest BCUT2D eigenvalue weighted by Crippen LogP contribution is 2.73. The number of nitrogens with zero attached hydrogens (tertiary/aromatic N) is 2. The minimum absolute atomic E-state index is 0.00769. The smallest absolute Gasteiger partial charge is 0.303 e. The Labute approximate surface area is 573 Å². The topological polar surface area (TPSA) is 171 Å². The van der Waals surface area contributed by atoms with E-state index in [1.54, 1.807) is 0 Å². The molecular formula is C80H110N2O12Si2. The zero-order valence-corrected chi connectivity index (χ0v) is 62.9. The fourth-order valence-electron chi connectivity index (χ4n) is 23.5. The summed E-state index contributed by atoms with van der Waals surface area (Å²) in [4.78, 5) is 53.2. The van der Waals surface area contributed by atoms with E-state index in [0.717, 1.165) is 96.5 Å². The second-order valence-corrected chi connectivity index (χ2v) is 45.9. The number of allylic oxidation sites excluding steroid dienone is 1. The lowest BCUT2D eigenvalue weighted by Crippen LogP contribution is -2.70. The van der Waals surface area contributed by atoms with Crippen molar-refractivity contribution in [3.63, 3.8) is 0 Å². The fraction of sp³-hybridized carbons (Fsp3) is 0.713. The summed E-state index contributed by atoms with van der Waals surface area (Å²) in [5.74, 6) is -2.31. The lowest BCUT2D eigenvalue weighted by atomic mass is 9.44. The molecule has 3 aromatic rings. The molecular weight excluding hydrogens is 1240 g/mol. The molecule has 4 aliphatic heterocycles. The molecule has 15 rings (SSSR count). The van der Waals surface area contributed by atoms with Crippen molar-refractivity contribution in [1.29, 1.82) is 0 Å². The summed E-state index contributed by atoms with van der Waals surface area (Å²) >= 11 is 0. The molecule has 21 atom stereocenters. The minimum atomic E-state index is -3.26. The molecule has 0 amide bonds. The Balaban J connectivity index is 0.726. The second-order valence-electron chi connectivity index (χ2n) is 36.9. The third-order valence-corrected chi connectivity index (χ3v) is 38.9. The molecule has 5 heterocycles. The zero-order valence-electron chi connectivity index (χ0n) is 60.9. The number of esters is 2. The highest BCUT2D eigenvalue weighted by molar-refractivity contribution is 6.99. The molecule has 14 nitrogen and oxygen atoms in total. The average Bonchev–Trinajstić information content (AvgIpc) is 1.45.